The summed E-state index contributed by atoms with van der Waals surface area (Å²) in [4.78, 5) is 10.7. The first-order chi connectivity index (χ1) is 4.48. The SMILES string of the molecule is C/C=C/NC(=O)C(Cl)(Cl)Cl. The molecule has 58 valence electrons. The number of hydrogen-bond donors (Lipinski definition) is 1. The molecule has 0 heterocycles. The maximum absolute atomic E-state index is 10.7. The number of carbonyl (C=O) groups is 1. The van der Waals surface area contributed by atoms with E-state index in [1.165, 1.54) is 6.20 Å². The van der Waals surface area contributed by atoms with E-state index >= 15 is 0 Å². The van der Waals surface area contributed by atoms with Crippen LogP contribution in [0.4, 0.5) is 0 Å². The molecule has 0 aliphatic heterocycles. The Labute approximate surface area is 74.1 Å². The summed E-state index contributed by atoms with van der Waals surface area (Å²) in [6.45, 7) is 1.73. The van der Waals surface area contributed by atoms with Gasteiger partial charge in [-0.05, 0) is 13.1 Å². The Kier molecular flexibility index (Phi) is 4.09. The lowest BCUT2D eigenvalue weighted by molar-refractivity contribution is -0.119. The lowest BCUT2D eigenvalue weighted by Crippen LogP contribution is -2.30. The second kappa shape index (κ2) is 4.06. The van der Waals surface area contributed by atoms with Crippen LogP contribution >= 0.6 is 34.8 Å². The Hall–Kier alpha value is 0.0800. The molecule has 0 fully saturated rings. The van der Waals surface area contributed by atoms with Gasteiger partial charge in [0, 0.05) is 0 Å². The third kappa shape index (κ3) is 3.99. The maximum atomic E-state index is 10.7. The normalized spacial score (nSPS) is 12.0. The van der Waals surface area contributed by atoms with E-state index in [0.29, 0.717) is 0 Å². The zero-order valence-electron chi connectivity index (χ0n) is 5.20. The van der Waals surface area contributed by atoms with E-state index < -0.39 is 9.70 Å². The van der Waals surface area contributed by atoms with Crippen molar-refractivity contribution in [3.8, 4) is 0 Å². The number of amides is 1. The molecule has 0 atom stereocenters. The van der Waals surface area contributed by atoms with Crippen LogP contribution in [0.5, 0.6) is 0 Å². The molecule has 2 nitrogen and oxygen atoms in total. The summed E-state index contributed by atoms with van der Waals surface area (Å²) in [5.41, 5.74) is 0. The maximum Gasteiger partial charge on any atom is 0.276 e. The quantitative estimate of drug-likeness (QED) is 0.648. The Bertz CT molecular complexity index is 149. The number of allylic oxidation sites excluding steroid dienone is 1. The van der Waals surface area contributed by atoms with Crippen molar-refractivity contribution in [2.24, 2.45) is 0 Å². The molecule has 0 radical (unpaired) electrons. The third-order valence-corrected chi connectivity index (χ3v) is 1.15. The van der Waals surface area contributed by atoms with Crippen molar-refractivity contribution in [3.63, 3.8) is 0 Å². The molecule has 0 aromatic heterocycles. The molecule has 0 saturated heterocycles. The smallest absolute Gasteiger partial charge is 0.276 e. The van der Waals surface area contributed by atoms with Crippen LogP contribution in [-0.2, 0) is 4.79 Å². The van der Waals surface area contributed by atoms with Crippen LogP contribution in [0.1, 0.15) is 6.92 Å². The van der Waals surface area contributed by atoms with Crippen molar-refractivity contribution < 1.29 is 4.79 Å². The highest BCUT2D eigenvalue weighted by Gasteiger charge is 2.29. The van der Waals surface area contributed by atoms with Gasteiger partial charge in [0.15, 0.2) is 0 Å². The molecule has 0 bridgehead atoms. The third-order valence-electron chi connectivity index (χ3n) is 0.639. The largest absolute Gasteiger partial charge is 0.329 e. The van der Waals surface area contributed by atoms with Gasteiger partial charge in [-0.25, -0.2) is 0 Å². The lowest BCUT2D eigenvalue weighted by atomic mass is 10.6. The van der Waals surface area contributed by atoms with Crippen molar-refractivity contribution in [2.75, 3.05) is 0 Å². The molecule has 1 amide bonds. The van der Waals surface area contributed by atoms with Gasteiger partial charge in [-0.3, -0.25) is 4.79 Å². The number of hydrogen-bond acceptors (Lipinski definition) is 1. The second-order valence-corrected chi connectivity index (χ2v) is 3.75. The van der Waals surface area contributed by atoms with Gasteiger partial charge in [-0.15, -0.1) is 0 Å². The minimum Gasteiger partial charge on any atom is -0.329 e. The van der Waals surface area contributed by atoms with Crippen LogP contribution in [0.3, 0.4) is 0 Å². The van der Waals surface area contributed by atoms with Crippen molar-refractivity contribution in [1.82, 2.24) is 5.32 Å². The van der Waals surface area contributed by atoms with E-state index in [-0.39, 0.29) is 0 Å². The predicted octanol–water partition coefficient (Wildman–Crippen LogP) is 2.01. The molecule has 5 heteroatoms. The molecule has 0 unspecified atom stereocenters. The molecule has 0 spiro atoms. The van der Waals surface area contributed by atoms with Gasteiger partial charge in [0.05, 0.1) is 0 Å². The summed E-state index contributed by atoms with van der Waals surface area (Å²) < 4.78 is -1.88. The average molecular weight is 202 g/mol. The number of alkyl halides is 3. The first kappa shape index (κ1) is 10.1. The van der Waals surface area contributed by atoms with Crippen molar-refractivity contribution >= 4 is 40.7 Å². The van der Waals surface area contributed by atoms with Crippen LogP contribution in [0.15, 0.2) is 12.3 Å². The van der Waals surface area contributed by atoms with E-state index in [2.05, 4.69) is 5.32 Å². The Morgan fingerprint density at radius 3 is 2.30 bits per heavy atom. The number of carbonyl (C=O) groups excluding carboxylic acids is 1. The topological polar surface area (TPSA) is 29.1 Å². The zero-order valence-corrected chi connectivity index (χ0v) is 7.46. The summed E-state index contributed by atoms with van der Waals surface area (Å²) in [6.07, 6.45) is 3.01. The fourth-order valence-electron chi connectivity index (χ4n) is 0.241. The Balaban J connectivity index is 3.86. The standard InChI is InChI=1S/C5H6Cl3NO/c1-2-3-9-4(10)5(6,7)8/h2-3H,1H3,(H,9,10)/b3-2+. The number of halogens is 3. The molecule has 0 saturated carbocycles. The Morgan fingerprint density at radius 1 is 1.50 bits per heavy atom. The molecule has 10 heavy (non-hydrogen) atoms. The zero-order chi connectivity index (χ0) is 8.20. The molecular weight excluding hydrogens is 196 g/mol. The van der Waals surface area contributed by atoms with E-state index in [1.54, 1.807) is 13.0 Å². The number of rotatable bonds is 1. The highest BCUT2D eigenvalue weighted by Crippen LogP contribution is 2.25. The Morgan fingerprint density at radius 2 is 2.00 bits per heavy atom. The van der Waals surface area contributed by atoms with Gasteiger partial charge >= 0.3 is 0 Å². The van der Waals surface area contributed by atoms with Gasteiger partial charge in [0.25, 0.3) is 9.70 Å². The summed E-state index contributed by atoms with van der Waals surface area (Å²) >= 11 is 15.6. The molecule has 1 N–H and O–H groups in total. The minimum atomic E-state index is -1.88. The van der Waals surface area contributed by atoms with E-state index in [4.69, 9.17) is 34.8 Å². The first-order valence-corrected chi connectivity index (χ1v) is 3.60. The molecular formula is C5H6Cl3NO. The van der Waals surface area contributed by atoms with Gasteiger partial charge in [0.1, 0.15) is 0 Å². The summed E-state index contributed by atoms with van der Waals surface area (Å²) in [7, 11) is 0. The van der Waals surface area contributed by atoms with Gasteiger partial charge in [0.2, 0.25) is 0 Å². The summed E-state index contributed by atoms with van der Waals surface area (Å²) in [5, 5.41) is 2.26. The van der Waals surface area contributed by atoms with Crippen molar-refractivity contribution in [1.29, 1.82) is 0 Å². The molecule has 0 rings (SSSR count). The van der Waals surface area contributed by atoms with Crippen LogP contribution in [0, 0.1) is 0 Å². The molecule has 0 aliphatic rings. The highest BCUT2D eigenvalue weighted by atomic mass is 35.6. The van der Waals surface area contributed by atoms with Crippen LogP contribution in [-0.4, -0.2) is 9.70 Å². The highest BCUT2D eigenvalue weighted by molar-refractivity contribution is 6.76. The van der Waals surface area contributed by atoms with Gasteiger partial charge in [-0.1, -0.05) is 40.9 Å². The van der Waals surface area contributed by atoms with Gasteiger partial charge < -0.3 is 5.32 Å². The molecule has 0 aliphatic carbocycles. The monoisotopic (exact) mass is 201 g/mol. The fraction of sp³-hybridized carbons (Fsp3) is 0.400. The summed E-state index contributed by atoms with van der Waals surface area (Å²) in [5.74, 6) is -0.657. The minimum absolute atomic E-state index is 0.657. The van der Waals surface area contributed by atoms with Crippen molar-refractivity contribution in [3.05, 3.63) is 12.3 Å². The van der Waals surface area contributed by atoms with Gasteiger partial charge in [-0.2, -0.15) is 0 Å². The first-order valence-electron chi connectivity index (χ1n) is 2.47. The van der Waals surface area contributed by atoms with Crippen molar-refractivity contribution in [2.45, 2.75) is 10.7 Å². The second-order valence-electron chi connectivity index (χ2n) is 1.47. The summed E-state index contributed by atoms with van der Waals surface area (Å²) in [6, 6.07) is 0. The molecule has 0 aromatic rings. The van der Waals surface area contributed by atoms with E-state index in [0.717, 1.165) is 0 Å². The number of nitrogens with one attached hydrogen (secondary N) is 1. The van der Waals surface area contributed by atoms with E-state index in [9.17, 15) is 4.79 Å². The average Bonchev–Trinajstić information content (AvgIpc) is 1.80. The fourth-order valence-corrected chi connectivity index (χ4v) is 0.405. The van der Waals surface area contributed by atoms with Crippen LogP contribution < -0.4 is 5.32 Å². The van der Waals surface area contributed by atoms with Crippen LogP contribution in [0.2, 0.25) is 0 Å². The molecule has 0 aromatic carbocycles. The predicted molar refractivity (Wildman–Crippen MR) is 43.2 cm³/mol. The van der Waals surface area contributed by atoms with Crippen LogP contribution in [0.25, 0.3) is 0 Å². The lowest BCUT2D eigenvalue weighted by Gasteiger charge is -2.07. The van der Waals surface area contributed by atoms with E-state index in [1.807, 2.05) is 0 Å².